The zero-order valence-electron chi connectivity index (χ0n) is 20.1. The van der Waals surface area contributed by atoms with Crippen molar-refractivity contribution in [2.45, 2.75) is 57.9 Å². The molecule has 1 atom stereocenters. The molecule has 1 saturated heterocycles. The lowest BCUT2D eigenvalue weighted by Gasteiger charge is -2.30. The number of nitrogens with zero attached hydrogens (tertiary/aromatic N) is 8. The average Bonchev–Trinajstić information content (AvgIpc) is 3.53. The van der Waals surface area contributed by atoms with E-state index in [1.165, 1.54) is 0 Å². The van der Waals surface area contributed by atoms with Crippen LogP contribution in [0.2, 0.25) is 0 Å². The third-order valence-corrected chi connectivity index (χ3v) is 9.74. The highest BCUT2D eigenvalue weighted by Gasteiger charge is 2.34. The molecule has 0 amide bonds. The average molecular weight is 511 g/mol. The van der Waals surface area contributed by atoms with Crippen molar-refractivity contribution in [3.8, 4) is 0 Å². The molecule has 0 aromatic carbocycles. The van der Waals surface area contributed by atoms with Gasteiger partial charge < -0.3 is 0 Å². The Balaban J connectivity index is 1.38. The number of aromatic nitrogens is 7. The summed E-state index contributed by atoms with van der Waals surface area (Å²) in [5.74, 6) is 0.560. The molecule has 182 valence electrons. The van der Waals surface area contributed by atoms with Crippen LogP contribution in [0.15, 0.2) is 23.5 Å². The molecule has 0 N–H and O–H groups in total. The van der Waals surface area contributed by atoms with Gasteiger partial charge in [-0.15, -0.1) is 16.4 Å². The number of aryl methyl sites for hydroxylation is 4. The van der Waals surface area contributed by atoms with Crippen LogP contribution in [-0.2, 0) is 16.6 Å². The van der Waals surface area contributed by atoms with Crippen molar-refractivity contribution >= 4 is 47.4 Å². The monoisotopic (exact) mass is 510 g/mol. The van der Waals surface area contributed by atoms with Crippen LogP contribution in [0.3, 0.4) is 0 Å². The van der Waals surface area contributed by atoms with Gasteiger partial charge in [-0.3, -0.25) is 4.68 Å². The van der Waals surface area contributed by atoms with Crippen molar-refractivity contribution in [2.75, 3.05) is 13.1 Å². The van der Waals surface area contributed by atoms with Gasteiger partial charge in [-0.25, -0.2) is 27.9 Å². The van der Waals surface area contributed by atoms with E-state index in [0.29, 0.717) is 31.2 Å². The van der Waals surface area contributed by atoms with Gasteiger partial charge in [0.15, 0.2) is 11.5 Å². The normalized spacial score (nSPS) is 17.8. The maximum Gasteiger partial charge on any atom is 0.246 e. The molecule has 0 aliphatic carbocycles. The van der Waals surface area contributed by atoms with Crippen LogP contribution in [0.5, 0.6) is 0 Å². The number of pyridine rings is 1. The van der Waals surface area contributed by atoms with E-state index in [4.69, 9.17) is 15.1 Å². The number of hydrogen-bond donors (Lipinski definition) is 0. The number of thiophene rings is 1. The Hall–Kier alpha value is -2.96. The molecular weight excluding hydrogens is 484 g/mol. The highest BCUT2D eigenvalue weighted by molar-refractivity contribution is 7.89. The number of piperidine rings is 1. The van der Waals surface area contributed by atoms with Crippen molar-refractivity contribution in [1.29, 1.82) is 0 Å². The fraction of sp³-hybridized carbons (Fsp3) is 0.435. The second-order valence-corrected chi connectivity index (χ2v) is 12.1. The fourth-order valence-corrected chi connectivity index (χ4v) is 7.90. The minimum absolute atomic E-state index is 0.0912. The fourth-order valence-electron chi connectivity index (χ4n) is 4.98. The van der Waals surface area contributed by atoms with Crippen LogP contribution < -0.4 is 0 Å². The second-order valence-electron chi connectivity index (χ2n) is 9.16. The second kappa shape index (κ2) is 8.04. The molecule has 35 heavy (non-hydrogen) atoms. The molecule has 0 saturated carbocycles. The summed E-state index contributed by atoms with van der Waals surface area (Å²) >= 11 is 1.58. The molecule has 6 heterocycles. The zero-order chi connectivity index (χ0) is 24.5. The molecule has 0 bridgehead atoms. The Morgan fingerprint density at radius 3 is 2.77 bits per heavy atom. The van der Waals surface area contributed by atoms with Gasteiger partial charge in [0.25, 0.3) is 0 Å². The Morgan fingerprint density at radius 2 is 2.00 bits per heavy atom. The van der Waals surface area contributed by atoms with Crippen LogP contribution in [0, 0.1) is 20.8 Å². The summed E-state index contributed by atoms with van der Waals surface area (Å²) in [6.45, 7) is 9.20. The Kier molecular flexibility index (Phi) is 5.17. The van der Waals surface area contributed by atoms with Gasteiger partial charge >= 0.3 is 0 Å². The summed E-state index contributed by atoms with van der Waals surface area (Å²) in [6.07, 6.45) is 4.90. The van der Waals surface area contributed by atoms with Crippen molar-refractivity contribution in [2.24, 2.45) is 0 Å². The van der Waals surface area contributed by atoms with Gasteiger partial charge in [-0.2, -0.15) is 9.40 Å². The van der Waals surface area contributed by atoms with E-state index >= 15 is 0 Å². The molecule has 1 aliphatic heterocycles. The summed E-state index contributed by atoms with van der Waals surface area (Å²) in [7, 11) is -3.64. The van der Waals surface area contributed by atoms with Crippen molar-refractivity contribution < 1.29 is 8.42 Å². The van der Waals surface area contributed by atoms with E-state index in [-0.39, 0.29) is 10.8 Å². The van der Waals surface area contributed by atoms with Gasteiger partial charge in [-0.05, 0) is 52.2 Å². The van der Waals surface area contributed by atoms with E-state index in [0.717, 1.165) is 50.2 Å². The minimum atomic E-state index is -3.64. The van der Waals surface area contributed by atoms with Crippen LogP contribution in [-0.4, -0.2) is 60.2 Å². The first-order valence-electron chi connectivity index (χ1n) is 11.7. The van der Waals surface area contributed by atoms with Gasteiger partial charge in [0.05, 0.1) is 11.2 Å². The maximum atomic E-state index is 13.4. The van der Waals surface area contributed by atoms with E-state index in [2.05, 4.69) is 23.1 Å². The predicted molar refractivity (Wildman–Crippen MR) is 134 cm³/mol. The third-order valence-electron chi connectivity index (χ3n) is 6.70. The molecule has 5 aromatic heterocycles. The standard InChI is InChI=1S/C23H26N8O2S2/c1-5-29-11-17(15(4)27-29)35(32,33)30-8-6-7-16(10-30)21-26-22-20-19(24-12-31(22)28-21)18-13(2)9-14(3)25-23(18)34-20/h9,11-12,16H,5-8,10H2,1-4H3/t16-/m0/s1. The van der Waals surface area contributed by atoms with Crippen LogP contribution in [0.1, 0.15) is 48.5 Å². The lowest BCUT2D eigenvalue weighted by molar-refractivity contribution is 0.309. The number of rotatable bonds is 4. The molecule has 0 unspecified atom stereocenters. The van der Waals surface area contributed by atoms with Crippen molar-refractivity contribution in [3.63, 3.8) is 0 Å². The number of sulfonamides is 1. The van der Waals surface area contributed by atoms with Crippen molar-refractivity contribution in [1.82, 2.24) is 38.7 Å². The predicted octanol–water partition coefficient (Wildman–Crippen LogP) is 3.60. The minimum Gasteiger partial charge on any atom is -0.271 e. The quantitative estimate of drug-likeness (QED) is 0.363. The first-order chi connectivity index (χ1) is 16.8. The first-order valence-corrected chi connectivity index (χ1v) is 14.0. The largest absolute Gasteiger partial charge is 0.271 e. The maximum absolute atomic E-state index is 13.4. The molecule has 1 aliphatic rings. The van der Waals surface area contributed by atoms with E-state index in [1.807, 2.05) is 13.8 Å². The lowest BCUT2D eigenvalue weighted by Crippen LogP contribution is -2.39. The summed E-state index contributed by atoms with van der Waals surface area (Å²) in [5.41, 5.74) is 4.27. The van der Waals surface area contributed by atoms with E-state index in [9.17, 15) is 8.42 Å². The topological polar surface area (TPSA) is 111 Å². The molecular formula is C23H26N8O2S2. The molecule has 12 heteroatoms. The Bertz CT molecular complexity index is 1720. The molecule has 10 nitrogen and oxygen atoms in total. The number of fused-ring (bicyclic) bond motifs is 5. The third kappa shape index (κ3) is 3.54. The summed E-state index contributed by atoms with van der Waals surface area (Å²) in [4.78, 5) is 15.5. The molecule has 5 aromatic rings. The molecule has 6 rings (SSSR count). The smallest absolute Gasteiger partial charge is 0.246 e. The Labute approximate surface area is 206 Å². The Morgan fingerprint density at radius 1 is 1.17 bits per heavy atom. The SMILES string of the molecule is CCn1cc(S(=O)(=O)N2CCC[C@H](c3nc4c5sc6nc(C)cc(C)c6c5ncn4n3)C2)c(C)n1. The summed E-state index contributed by atoms with van der Waals surface area (Å²) in [5, 5.41) is 10.1. The van der Waals surface area contributed by atoms with Gasteiger partial charge in [0, 0.05) is 42.8 Å². The molecule has 0 spiro atoms. The highest BCUT2D eigenvalue weighted by atomic mass is 32.2. The van der Waals surface area contributed by atoms with Crippen molar-refractivity contribution in [3.05, 3.63) is 41.4 Å². The van der Waals surface area contributed by atoms with E-state index in [1.54, 1.807) is 44.3 Å². The van der Waals surface area contributed by atoms with E-state index < -0.39 is 10.0 Å². The first kappa shape index (κ1) is 22.5. The molecule has 1 fully saturated rings. The van der Waals surface area contributed by atoms with Gasteiger partial charge in [-0.1, -0.05) is 0 Å². The van der Waals surface area contributed by atoms with Crippen LogP contribution >= 0.6 is 11.3 Å². The molecule has 0 radical (unpaired) electrons. The van der Waals surface area contributed by atoms with Crippen LogP contribution in [0.4, 0.5) is 0 Å². The highest BCUT2D eigenvalue weighted by Crippen LogP contribution is 2.36. The van der Waals surface area contributed by atoms with Gasteiger partial charge in [0.1, 0.15) is 20.8 Å². The summed E-state index contributed by atoms with van der Waals surface area (Å²) in [6, 6.07) is 2.07. The van der Waals surface area contributed by atoms with Crippen LogP contribution in [0.25, 0.3) is 26.1 Å². The number of hydrogen-bond acceptors (Lipinski definition) is 8. The zero-order valence-corrected chi connectivity index (χ0v) is 21.7. The summed E-state index contributed by atoms with van der Waals surface area (Å²) < 4.78 is 32.7. The lowest BCUT2D eigenvalue weighted by atomic mass is 9.99. The van der Waals surface area contributed by atoms with Gasteiger partial charge in [0.2, 0.25) is 10.0 Å².